The van der Waals surface area contributed by atoms with Gasteiger partial charge in [0.15, 0.2) is 5.69 Å². The Bertz CT molecular complexity index is 873. The SMILES string of the molecule is Cc1c(CO)cc([N+](=O)[O-])c(N2CCCN(Cc3cscn3)CC2)c1[N+](=O)[O-]. The van der Waals surface area contributed by atoms with Crippen LogP contribution >= 0.6 is 11.3 Å². The van der Waals surface area contributed by atoms with Crippen LogP contribution in [-0.4, -0.2) is 51.0 Å². The van der Waals surface area contributed by atoms with E-state index < -0.39 is 16.5 Å². The summed E-state index contributed by atoms with van der Waals surface area (Å²) in [6.07, 6.45) is 0.721. The number of hydrogen-bond donors (Lipinski definition) is 1. The van der Waals surface area contributed by atoms with Gasteiger partial charge in [-0.15, -0.1) is 11.3 Å². The monoisotopic (exact) mass is 407 g/mol. The fourth-order valence-electron chi connectivity index (χ4n) is 3.53. The number of nitro groups is 2. The summed E-state index contributed by atoms with van der Waals surface area (Å²) in [6.45, 7) is 4.02. The molecule has 0 saturated carbocycles. The third-order valence-electron chi connectivity index (χ3n) is 4.94. The first-order valence-corrected chi connectivity index (χ1v) is 9.77. The standard InChI is InChI=1S/C17H21N5O5S/c1-12-13(9-23)7-15(21(24)25)17(16(12)22(26)27)20-4-2-3-19(5-6-20)8-14-10-28-11-18-14/h7,10-11,23H,2-6,8-9H2,1H3. The predicted octanol–water partition coefficient (Wildman–Crippen LogP) is 2.47. The number of nitrogens with zero attached hydrogens (tertiary/aromatic N) is 5. The Labute approximate surface area is 165 Å². The van der Waals surface area contributed by atoms with E-state index in [0.29, 0.717) is 26.2 Å². The number of rotatable bonds is 6. The average Bonchev–Trinajstić information content (AvgIpc) is 3.05. The smallest absolute Gasteiger partial charge is 0.302 e. The van der Waals surface area contributed by atoms with Gasteiger partial charge in [-0.1, -0.05) is 0 Å². The maximum Gasteiger partial charge on any atom is 0.302 e. The molecule has 0 spiro atoms. The Hall–Kier alpha value is -2.63. The molecule has 10 nitrogen and oxygen atoms in total. The molecule has 150 valence electrons. The van der Waals surface area contributed by atoms with Crippen LogP contribution in [0, 0.1) is 27.2 Å². The summed E-state index contributed by atoms with van der Waals surface area (Å²) in [4.78, 5) is 30.4. The lowest BCUT2D eigenvalue weighted by Gasteiger charge is -2.24. The molecule has 1 aliphatic rings. The van der Waals surface area contributed by atoms with E-state index in [1.165, 1.54) is 24.3 Å². The molecule has 3 rings (SSSR count). The zero-order chi connectivity index (χ0) is 20.3. The molecule has 0 unspecified atom stereocenters. The summed E-state index contributed by atoms with van der Waals surface area (Å²) in [7, 11) is 0. The molecule has 0 amide bonds. The quantitative estimate of drug-likeness (QED) is 0.572. The van der Waals surface area contributed by atoms with Crippen LogP contribution < -0.4 is 4.90 Å². The number of benzene rings is 1. The topological polar surface area (TPSA) is 126 Å². The maximum absolute atomic E-state index is 11.7. The Morgan fingerprint density at radius 1 is 1.21 bits per heavy atom. The van der Waals surface area contributed by atoms with Crippen molar-refractivity contribution in [2.45, 2.75) is 26.5 Å². The fraction of sp³-hybridized carbons (Fsp3) is 0.471. The predicted molar refractivity (Wildman–Crippen MR) is 105 cm³/mol. The van der Waals surface area contributed by atoms with E-state index in [1.54, 1.807) is 10.4 Å². The van der Waals surface area contributed by atoms with Crippen molar-refractivity contribution in [3.05, 3.63) is 54.0 Å². The molecule has 0 bridgehead atoms. The van der Waals surface area contributed by atoms with E-state index in [-0.39, 0.29) is 28.2 Å². The highest BCUT2D eigenvalue weighted by molar-refractivity contribution is 7.07. The van der Waals surface area contributed by atoms with Gasteiger partial charge in [-0.2, -0.15) is 0 Å². The highest BCUT2D eigenvalue weighted by Gasteiger charge is 2.34. The molecule has 0 aliphatic carbocycles. The summed E-state index contributed by atoms with van der Waals surface area (Å²) < 4.78 is 0. The van der Waals surface area contributed by atoms with Crippen molar-refractivity contribution in [2.24, 2.45) is 0 Å². The minimum absolute atomic E-state index is 0.0280. The second kappa shape index (κ2) is 8.59. The molecule has 1 aromatic carbocycles. The third-order valence-corrected chi connectivity index (χ3v) is 5.57. The van der Waals surface area contributed by atoms with Crippen molar-refractivity contribution in [1.82, 2.24) is 9.88 Å². The molecule has 1 N–H and O–H groups in total. The van der Waals surface area contributed by atoms with Crippen LogP contribution in [0.2, 0.25) is 0 Å². The van der Waals surface area contributed by atoms with E-state index in [0.717, 1.165) is 18.7 Å². The number of anilines is 1. The molecule has 11 heteroatoms. The number of aliphatic hydroxyl groups is 1. The Balaban J connectivity index is 1.94. The van der Waals surface area contributed by atoms with Gasteiger partial charge in [-0.25, -0.2) is 4.98 Å². The van der Waals surface area contributed by atoms with Crippen LogP contribution in [-0.2, 0) is 13.2 Å². The van der Waals surface area contributed by atoms with Gasteiger partial charge in [-0.3, -0.25) is 25.1 Å². The lowest BCUT2D eigenvalue weighted by Crippen LogP contribution is -2.31. The fourth-order valence-corrected chi connectivity index (χ4v) is 4.08. The van der Waals surface area contributed by atoms with Gasteiger partial charge in [0, 0.05) is 49.7 Å². The van der Waals surface area contributed by atoms with Gasteiger partial charge in [-0.05, 0) is 18.9 Å². The molecular formula is C17H21N5O5S. The molecule has 1 saturated heterocycles. The lowest BCUT2D eigenvalue weighted by molar-refractivity contribution is -0.393. The van der Waals surface area contributed by atoms with E-state index in [4.69, 9.17) is 0 Å². The van der Waals surface area contributed by atoms with Crippen LogP contribution in [0.4, 0.5) is 17.1 Å². The van der Waals surface area contributed by atoms with E-state index in [9.17, 15) is 25.3 Å². The molecule has 1 aliphatic heterocycles. The highest BCUT2D eigenvalue weighted by Crippen LogP contribution is 2.42. The summed E-state index contributed by atoms with van der Waals surface area (Å²) in [5.74, 6) is 0. The largest absolute Gasteiger partial charge is 0.392 e. The van der Waals surface area contributed by atoms with Gasteiger partial charge in [0.2, 0.25) is 0 Å². The second-order valence-electron chi connectivity index (χ2n) is 6.65. The summed E-state index contributed by atoms with van der Waals surface area (Å²) in [6, 6.07) is 1.25. The van der Waals surface area contributed by atoms with Gasteiger partial charge in [0.25, 0.3) is 5.69 Å². The molecule has 28 heavy (non-hydrogen) atoms. The van der Waals surface area contributed by atoms with Crippen molar-refractivity contribution >= 4 is 28.4 Å². The van der Waals surface area contributed by atoms with E-state index >= 15 is 0 Å². The van der Waals surface area contributed by atoms with Crippen LogP contribution in [0.15, 0.2) is 17.0 Å². The maximum atomic E-state index is 11.7. The van der Waals surface area contributed by atoms with Crippen molar-refractivity contribution in [3.8, 4) is 0 Å². The van der Waals surface area contributed by atoms with Crippen molar-refractivity contribution in [1.29, 1.82) is 0 Å². The Morgan fingerprint density at radius 3 is 2.61 bits per heavy atom. The lowest BCUT2D eigenvalue weighted by atomic mass is 10.0. The van der Waals surface area contributed by atoms with Crippen molar-refractivity contribution in [3.63, 3.8) is 0 Å². The summed E-state index contributed by atoms with van der Waals surface area (Å²) >= 11 is 1.53. The number of aliphatic hydroxyl groups excluding tert-OH is 1. The normalized spacial score (nSPS) is 15.4. The second-order valence-corrected chi connectivity index (χ2v) is 7.36. The molecule has 0 atom stereocenters. The Morgan fingerprint density at radius 2 is 2.00 bits per heavy atom. The van der Waals surface area contributed by atoms with Crippen LogP contribution in [0.1, 0.15) is 23.2 Å². The van der Waals surface area contributed by atoms with E-state index in [1.807, 2.05) is 5.38 Å². The molecule has 2 heterocycles. The molecule has 1 aromatic heterocycles. The third kappa shape index (κ3) is 4.11. The first kappa shape index (κ1) is 20.1. The van der Waals surface area contributed by atoms with Crippen LogP contribution in [0.25, 0.3) is 0 Å². The molecule has 1 fully saturated rings. The summed E-state index contributed by atoms with van der Waals surface area (Å²) in [5, 5.41) is 34.8. The first-order valence-electron chi connectivity index (χ1n) is 8.82. The van der Waals surface area contributed by atoms with Gasteiger partial charge in [0.1, 0.15) is 0 Å². The van der Waals surface area contributed by atoms with Crippen LogP contribution in [0.5, 0.6) is 0 Å². The first-order chi connectivity index (χ1) is 13.4. The highest BCUT2D eigenvalue weighted by atomic mass is 32.1. The Kier molecular flexibility index (Phi) is 6.17. The summed E-state index contributed by atoms with van der Waals surface area (Å²) in [5.41, 5.74) is 2.59. The molecule has 2 aromatic rings. The minimum Gasteiger partial charge on any atom is -0.392 e. The minimum atomic E-state index is -0.612. The van der Waals surface area contributed by atoms with Crippen molar-refractivity contribution < 1.29 is 15.0 Å². The zero-order valence-corrected chi connectivity index (χ0v) is 16.2. The zero-order valence-electron chi connectivity index (χ0n) is 15.4. The van der Waals surface area contributed by atoms with Gasteiger partial charge in [0.05, 0.1) is 27.7 Å². The number of nitro benzene ring substituents is 2. The number of thiazole rings is 1. The van der Waals surface area contributed by atoms with E-state index in [2.05, 4.69) is 9.88 Å². The average molecular weight is 407 g/mol. The van der Waals surface area contributed by atoms with Crippen molar-refractivity contribution in [2.75, 3.05) is 31.1 Å². The molecule has 0 radical (unpaired) electrons. The molecular weight excluding hydrogens is 386 g/mol. The van der Waals surface area contributed by atoms with Gasteiger partial charge < -0.3 is 10.0 Å². The number of hydrogen-bond acceptors (Lipinski definition) is 9. The number of aromatic nitrogens is 1. The van der Waals surface area contributed by atoms with Gasteiger partial charge >= 0.3 is 5.69 Å². The van der Waals surface area contributed by atoms with Crippen LogP contribution in [0.3, 0.4) is 0 Å².